The molecule has 0 aliphatic rings. The van der Waals surface area contributed by atoms with Gasteiger partial charge >= 0.3 is 0 Å². The van der Waals surface area contributed by atoms with Crippen LogP contribution in [0.4, 0.5) is 0 Å². The van der Waals surface area contributed by atoms with Gasteiger partial charge in [0.05, 0.1) is 5.39 Å². The Labute approximate surface area is 97.3 Å². The zero-order valence-corrected chi connectivity index (χ0v) is 9.28. The van der Waals surface area contributed by atoms with E-state index in [4.69, 9.17) is 4.52 Å². The predicted octanol–water partition coefficient (Wildman–Crippen LogP) is 3.98. The van der Waals surface area contributed by atoms with Gasteiger partial charge in [-0.25, -0.2) is 0 Å². The lowest BCUT2D eigenvalue weighted by molar-refractivity contribution is 0.358. The summed E-state index contributed by atoms with van der Waals surface area (Å²) in [6.07, 6.45) is 0. The van der Waals surface area contributed by atoms with Crippen LogP contribution in [0.3, 0.4) is 0 Å². The van der Waals surface area contributed by atoms with Crippen LogP contribution in [-0.2, 0) is 0 Å². The Kier molecular flexibility index (Phi) is 2.38. The smallest absolute Gasteiger partial charge is 0.205 e. The van der Waals surface area contributed by atoms with Gasteiger partial charge < -0.3 is 4.52 Å². The maximum absolute atomic E-state index is 5.33. The van der Waals surface area contributed by atoms with Gasteiger partial charge in [-0.15, -0.1) is 0 Å². The highest BCUT2D eigenvalue weighted by Gasteiger charge is 2.08. The van der Waals surface area contributed by atoms with Crippen molar-refractivity contribution in [2.24, 2.45) is 0 Å². The molecule has 1 aromatic heterocycles. The molecule has 78 valence electrons. The SMILES string of the molecule is c1ccc(Sc2onc3ccccc23)cc1. The van der Waals surface area contributed by atoms with E-state index < -0.39 is 0 Å². The van der Waals surface area contributed by atoms with E-state index in [1.165, 1.54) is 0 Å². The first-order chi connectivity index (χ1) is 7.93. The number of benzene rings is 2. The molecule has 0 aliphatic carbocycles. The fraction of sp³-hybridized carbons (Fsp3) is 0. The van der Waals surface area contributed by atoms with Crippen molar-refractivity contribution in [2.45, 2.75) is 9.99 Å². The molecule has 0 atom stereocenters. The quantitative estimate of drug-likeness (QED) is 0.662. The Bertz CT molecular complexity index is 603. The molecule has 0 bridgehead atoms. The van der Waals surface area contributed by atoms with Gasteiger partial charge in [-0.05, 0) is 36.0 Å². The van der Waals surface area contributed by atoms with E-state index in [2.05, 4.69) is 17.3 Å². The van der Waals surface area contributed by atoms with Crippen LogP contribution in [-0.4, -0.2) is 5.16 Å². The van der Waals surface area contributed by atoms with Crippen molar-refractivity contribution in [3.8, 4) is 0 Å². The van der Waals surface area contributed by atoms with Crippen LogP contribution in [0.15, 0.2) is 69.1 Å². The average molecular weight is 227 g/mol. The van der Waals surface area contributed by atoms with Crippen LogP contribution in [0.2, 0.25) is 0 Å². The summed E-state index contributed by atoms with van der Waals surface area (Å²) in [7, 11) is 0. The van der Waals surface area contributed by atoms with Crippen LogP contribution in [0.5, 0.6) is 0 Å². The Hall–Kier alpha value is -1.74. The highest BCUT2D eigenvalue weighted by molar-refractivity contribution is 7.99. The number of hydrogen-bond acceptors (Lipinski definition) is 3. The molecule has 16 heavy (non-hydrogen) atoms. The molecule has 0 fully saturated rings. The molecule has 1 heterocycles. The lowest BCUT2D eigenvalue weighted by Gasteiger charge is -1.96. The van der Waals surface area contributed by atoms with Gasteiger partial charge in [-0.1, -0.05) is 35.5 Å². The number of aromatic nitrogens is 1. The third-order valence-corrected chi connectivity index (χ3v) is 3.29. The maximum atomic E-state index is 5.33. The zero-order valence-electron chi connectivity index (χ0n) is 8.46. The highest BCUT2D eigenvalue weighted by atomic mass is 32.2. The molecule has 3 aromatic rings. The largest absolute Gasteiger partial charge is 0.348 e. The summed E-state index contributed by atoms with van der Waals surface area (Å²) >= 11 is 1.59. The minimum Gasteiger partial charge on any atom is -0.348 e. The Morgan fingerprint density at radius 1 is 0.875 bits per heavy atom. The second-order valence-electron chi connectivity index (χ2n) is 3.40. The van der Waals surface area contributed by atoms with E-state index in [9.17, 15) is 0 Å². The topological polar surface area (TPSA) is 26.0 Å². The summed E-state index contributed by atoms with van der Waals surface area (Å²) in [5.74, 6) is 0. The van der Waals surface area contributed by atoms with Gasteiger partial charge in [0.15, 0.2) is 0 Å². The second-order valence-corrected chi connectivity index (χ2v) is 4.45. The van der Waals surface area contributed by atoms with E-state index in [1.807, 2.05) is 42.5 Å². The number of nitrogens with zero attached hydrogens (tertiary/aromatic N) is 1. The normalized spacial score (nSPS) is 10.8. The van der Waals surface area contributed by atoms with Gasteiger partial charge in [-0.3, -0.25) is 0 Å². The standard InChI is InChI=1S/C13H9NOS/c1-2-6-10(7-3-1)16-13-11-8-4-5-9-12(11)14-15-13/h1-9H. The lowest BCUT2D eigenvalue weighted by atomic mass is 10.3. The van der Waals surface area contributed by atoms with Crippen molar-refractivity contribution in [1.82, 2.24) is 5.16 Å². The molecule has 0 aliphatic heterocycles. The van der Waals surface area contributed by atoms with Gasteiger partial charge in [0, 0.05) is 4.90 Å². The zero-order chi connectivity index (χ0) is 10.8. The fourth-order valence-electron chi connectivity index (χ4n) is 1.53. The first kappa shape index (κ1) is 9.48. The van der Waals surface area contributed by atoms with Crippen molar-refractivity contribution in [3.63, 3.8) is 0 Å². The lowest BCUT2D eigenvalue weighted by Crippen LogP contribution is -1.70. The van der Waals surface area contributed by atoms with Crippen LogP contribution in [0.25, 0.3) is 10.9 Å². The maximum Gasteiger partial charge on any atom is 0.205 e. The number of rotatable bonds is 2. The van der Waals surface area contributed by atoms with Gasteiger partial charge in [0.2, 0.25) is 5.09 Å². The van der Waals surface area contributed by atoms with E-state index in [1.54, 1.807) is 11.8 Å². The summed E-state index contributed by atoms with van der Waals surface area (Å²) in [4.78, 5) is 1.16. The highest BCUT2D eigenvalue weighted by Crippen LogP contribution is 2.32. The first-order valence-electron chi connectivity index (χ1n) is 5.01. The fourth-order valence-corrected chi connectivity index (χ4v) is 2.40. The van der Waals surface area contributed by atoms with Crippen LogP contribution in [0, 0.1) is 0 Å². The minimum atomic E-state index is 0.849. The minimum absolute atomic E-state index is 0.849. The van der Waals surface area contributed by atoms with Crippen LogP contribution < -0.4 is 0 Å². The van der Waals surface area contributed by atoms with Crippen molar-refractivity contribution in [1.29, 1.82) is 0 Å². The molecular weight excluding hydrogens is 218 g/mol. The van der Waals surface area contributed by atoms with Gasteiger partial charge in [0.25, 0.3) is 0 Å². The molecule has 2 nitrogen and oxygen atoms in total. The molecule has 0 radical (unpaired) electrons. The van der Waals surface area contributed by atoms with Gasteiger partial charge in [0.1, 0.15) is 5.52 Å². The predicted molar refractivity (Wildman–Crippen MR) is 64.6 cm³/mol. The molecule has 3 heteroatoms. The van der Waals surface area contributed by atoms with E-state index in [-0.39, 0.29) is 0 Å². The molecule has 3 rings (SSSR count). The third-order valence-electron chi connectivity index (χ3n) is 2.30. The summed E-state index contributed by atoms with van der Waals surface area (Å²) in [6.45, 7) is 0. The molecular formula is C13H9NOS. The third kappa shape index (κ3) is 1.70. The Morgan fingerprint density at radius 2 is 1.62 bits per heavy atom. The second kappa shape index (κ2) is 4.02. The molecule has 0 amide bonds. The molecule has 0 spiro atoms. The first-order valence-corrected chi connectivity index (χ1v) is 5.82. The van der Waals surface area contributed by atoms with Crippen molar-refractivity contribution in [3.05, 3.63) is 54.6 Å². The van der Waals surface area contributed by atoms with Gasteiger partial charge in [-0.2, -0.15) is 0 Å². The summed E-state index contributed by atoms with van der Waals surface area (Å²) < 4.78 is 5.33. The van der Waals surface area contributed by atoms with Crippen LogP contribution >= 0.6 is 11.8 Å². The summed E-state index contributed by atoms with van der Waals surface area (Å²) in [5, 5.41) is 5.93. The molecule has 0 saturated carbocycles. The monoisotopic (exact) mass is 227 g/mol. The van der Waals surface area contributed by atoms with E-state index >= 15 is 0 Å². The Morgan fingerprint density at radius 3 is 2.50 bits per heavy atom. The summed E-state index contributed by atoms with van der Waals surface area (Å²) in [5.41, 5.74) is 0.904. The van der Waals surface area contributed by atoms with Crippen molar-refractivity contribution in [2.75, 3.05) is 0 Å². The van der Waals surface area contributed by atoms with Crippen molar-refractivity contribution < 1.29 is 4.52 Å². The molecule has 0 saturated heterocycles. The summed E-state index contributed by atoms with van der Waals surface area (Å²) in [6, 6.07) is 18.1. The molecule has 0 N–H and O–H groups in total. The molecule has 2 aromatic carbocycles. The van der Waals surface area contributed by atoms with Crippen molar-refractivity contribution >= 4 is 22.7 Å². The Balaban J connectivity index is 2.01. The van der Waals surface area contributed by atoms with E-state index in [0.717, 1.165) is 20.9 Å². The van der Waals surface area contributed by atoms with Crippen LogP contribution in [0.1, 0.15) is 0 Å². The van der Waals surface area contributed by atoms with E-state index in [0.29, 0.717) is 0 Å². The molecule has 0 unspecified atom stereocenters. The number of fused-ring (bicyclic) bond motifs is 1. The number of hydrogen-bond donors (Lipinski definition) is 0. The average Bonchev–Trinajstić information content (AvgIpc) is 2.74.